The lowest BCUT2D eigenvalue weighted by Crippen LogP contribution is -2.45. The van der Waals surface area contributed by atoms with E-state index in [9.17, 15) is 18.0 Å². The summed E-state index contributed by atoms with van der Waals surface area (Å²) in [6, 6.07) is 7.49. The van der Waals surface area contributed by atoms with E-state index in [1.807, 2.05) is 18.2 Å². The lowest BCUT2D eigenvalue weighted by atomic mass is 9.93. The highest BCUT2D eigenvalue weighted by Gasteiger charge is 2.43. The van der Waals surface area contributed by atoms with Crippen LogP contribution in [0.1, 0.15) is 24.5 Å². The van der Waals surface area contributed by atoms with E-state index in [0.717, 1.165) is 21.5 Å². The fraction of sp³-hybridized carbons (Fsp3) is 0.400. The number of likely N-dealkylation sites (tertiary alicyclic amines) is 1. The van der Waals surface area contributed by atoms with Gasteiger partial charge in [0, 0.05) is 40.6 Å². The van der Waals surface area contributed by atoms with Crippen molar-refractivity contribution < 1.29 is 18.0 Å². The Bertz CT molecular complexity index is 702. The Kier molecular flexibility index (Phi) is 3.80. The first-order chi connectivity index (χ1) is 10.3. The van der Waals surface area contributed by atoms with E-state index in [-0.39, 0.29) is 19.0 Å². The Morgan fingerprint density at radius 1 is 1.23 bits per heavy atom. The molecule has 0 unspecified atom stereocenters. The molecule has 0 radical (unpaired) electrons. The maximum Gasteiger partial charge on any atom is 0.471 e. The molecule has 1 aromatic heterocycles. The normalized spacial score (nSPS) is 17.2. The summed E-state index contributed by atoms with van der Waals surface area (Å²) in [4.78, 5) is 15.4. The summed E-state index contributed by atoms with van der Waals surface area (Å²) in [5, 5.41) is 1.62. The molecular formula is C15H14ClF3N2O. The van der Waals surface area contributed by atoms with Crippen molar-refractivity contribution in [3.05, 3.63) is 35.0 Å². The SMILES string of the molecule is O=C(N1CCC(c2cc3cc(Cl)ccc3[nH]2)CC1)C(F)(F)F. The van der Waals surface area contributed by atoms with Gasteiger partial charge >= 0.3 is 12.1 Å². The molecule has 7 heteroatoms. The van der Waals surface area contributed by atoms with Crippen LogP contribution in [0.3, 0.4) is 0 Å². The summed E-state index contributed by atoms with van der Waals surface area (Å²) in [6.45, 7) is 0.248. The molecule has 1 fully saturated rings. The topological polar surface area (TPSA) is 36.1 Å². The van der Waals surface area contributed by atoms with Crippen LogP contribution < -0.4 is 0 Å². The van der Waals surface area contributed by atoms with Crippen molar-refractivity contribution in [2.24, 2.45) is 0 Å². The van der Waals surface area contributed by atoms with E-state index in [4.69, 9.17) is 11.6 Å². The predicted molar refractivity (Wildman–Crippen MR) is 77.9 cm³/mol. The highest BCUT2D eigenvalue weighted by atomic mass is 35.5. The van der Waals surface area contributed by atoms with E-state index < -0.39 is 12.1 Å². The number of rotatable bonds is 1. The third-order valence-corrected chi connectivity index (χ3v) is 4.30. The highest BCUT2D eigenvalue weighted by molar-refractivity contribution is 6.31. The van der Waals surface area contributed by atoms with Crippen molar-refractivity contribution in [3.8, 4) is 0 Å². The van der Waals surface area contributed by atoms with Crippen LogP contribution in [0.25, 0.3) is 10.9 Å². The van der Waals surface area contributed by atoms with Crippen LogP contribution in [0.4, 0.5) is 13.2 Å². The molecule has 3 nitrogen and oxygen atoms in total. The van der Waals surface area contributed by atoms with Gasteiger partial charge in [-0.05, 0) is 37.1 Å². The first-order valence-electron chi connectivity index (χ1n) is 6.99. The molecule has 1 N–H and O–H groups in total. The second-order valence-electron chi connectivity index (χ2n) is 5.52. The molecule has 0 aliphatic carbocycles. The monoisotopic (exact) mass is 330 g/mol. The first-order valence-corrected chi connectivity index (χ1v) is 7.36. The average molecular weight is 331 g/mol. The summed E-state index contributed by atoms with van der Waals surface area (Å²) in [7, 11) is 0. The Hall–Kier alpha value is -1.69. The fourth-order valence-corrected chi connectivity index (χ4v) is 3.10. The molecule has 1 aliphatic heterocycles. The van der Waals surface area contributed by atoms with Crippen LogP contribution in [0.2, 0.25) is 5.02 Å². The van der Waals surface area contributed by atoms with Crippen molar-refractivity contribution in [3.63, 3.8) is 0 Å². The molecule has 2 aromatic rings. The van der Waals surface area contributed by atoms with Gasteiger partial charge in [-0.3, -0.25) is 4.79 Å². The number of nitrogens with zero attached hydrogens (tertiary/aromatic N) is 1. The molecule has 1 aromatic carbocycles. The van der Waals surface area contributed by atoms with Crippen LogP contribution in [0, 0.1) is 0 Å². The van der Waals surface area contributed by atoms with Crippen molar-refractivity contribution in [2.45, 2.75) is 24.9 Å². The largest absolute Gasteiger partial charge is 0.471 e. The van der Waals surface area contributed by atoms with Gasteiger partial charge in [0.05, 0.1) is 0 Å². The van der Waals surface area contributed by atoms with Gasteiger partial charge < -0.3 is 9.88 Å². The lowest BCUT2D eigenvalue weighted by molar-refractivity contribution is -0.186. The molecule has 0 atom stereocenters. The minimum Gasteiger partial charge on any atom is -0.358 e. The van der Waals surface area contributed by atoms with Gasteiger partial charge in [0.1, 0.15) is 0 Å². The Balaban J connectivity index is 1.71. The van der Waals surface area contributed by atoms with E-state index in [0.29, 0.717) is 17.9 Å². The number of H-pyrrole nitrogens is 1. The summed E-state index contributed by atoms with van der Waals surface area (Å²) in [5.41, 5.74) is 1.93. The van der Waals surface area contributed by atoms with Crippen LogP contribution in [-0.2, 0) is 4.79 Å². The van der Waals surface area contributed by atoms with Gasteiger partial charge in [-0.1, -0.05) is 11.6 Å². The standard InChI is InChI=1S/C15H14ClF3N2O/c16-11-1-2-12-10(7-11)8-13(20-12)9-3-5-21(6-4-9)14(22)15(17,18)19/h1-2,7-9,20H,3-6H2. The number of halogens is 4. The van der Waals surface area contributed by atoms with Crippen LogP contribution in [0.15, 0.2) is 24.3 Å². The summed E-state index contributed by atoms with van der Waals surface area (Å²) in [5.74, 6) is -1.61. The average Bonchev–Trinajstić information content (AvgIpc) is 2.88. The number of piperidine rings is 1. The molecule has 118 valence electrons. The summed E-state index contributed by atoms with van der Waals surface area (Å²) in [6.07, 6.45) is -3.75. The second-order valence-corrected chi connectivity index (χ2v) is 5.96. The second kappa shape index (κ2) is 5.50. The minimum absolute atomic E-state index is 0.124. The fourth-order valence-electron chi connectivity index (χ4n) is 2.92. The zero-order chi connectivity index (χ0) is 15.9. The van der Waals surface area contributed by atoms with Gasteiger partial charge in [0.25, 0.3) is 0 Å². The molecule has 1 amide bonds. The number of aromatic amines is 1. The third kappa shape index (κ3) is 2.92. The van der Waals surface area contributed by atoms with E-state index in [1.165, 1.54) is 0 Å². The summed E-state index contributed by atoms with van der Waals surface area (Å²) < 4.78 is 37.3. The zero-order valence-electron chi connectivity index (χ0n) is 11.6. The number of carbonyl (C=O) groups is 1. The van der Waals surface area contributed by atoms with Gasteiger partial charge in [-0.15, -0.1) is 0 Å². The predicted octanol–water partition coefficient (Wildman–Crippen LogP) is 4.09. The number of hydrogen-bond acceptors (Lipinski definition) is 1. The maximum absolute atomic E-state index is 12.4. The minimum atomic E-state index is -4.79. The number of fused-ring (bicyclic) bond motifs is 1. The molecule has 2 heterocycles. The third-order valence-electron chi connectivity index (χ3n) is 4.07. The van der Waals surface area contributed by atoms with Gasteiger partial charge in [0.2, 0.25) is 0 Å². The Morgan fingerprint density at radius 2 is 1.91 bits per heavy atom. The molecule has 22 heavy (non-hydrogen) atoms. The van der Waals surface area contributed by atoms with Crippen LogP contribution >= 0.6 is 11.6 Å². The van der Waals surface area contributed by atoms with E-state index >= 15 is 0 Å². The van der Waals surface area contributed by atoms with Crippen molar-refractivity contribution in [1.29, 1.82) is 0 Å². The van der Waals surface area contributed by atoms with Gasteiger partial charge in [-0.2, -0.15) is 13.2 Å². The molecule has 0 spiro atoms. The van der Waals surface area contributed by atoms with Crippen molar-refractivity contribution >= 4 is 28.4 Å². The number of nitrogens with one attached hydrogen (secondary N) is 1. The zero-order valence-corrected chi connectivity index (χ0v) is 12.3. The maximum atomic E-state index is 12.4. The molecule has 0 saturated carbocycles. The quantitative estimate of drug-likeness (QED) is 0.840. The summed E-state index contributed by atoms with van der Waals surface area (Å²) >= 11 is 5.95. The Morgan fingerprint density at radius 3 is 2.55 bits per heavy atom. The van der Waals surface area contributed by atoms with Crippen LogP contribution in [0.5, 0.6) is 0 Å². The molecule has 0 bridgehead atoms. The number of hydrogen-bond donors (Lipinski definition) is 1. The number of carbonyl (C=O) groups excluding carboxylic acids is 1. The number of amides is 1. The molecule has 1 saturated heterocycles. The van der Waals surface area contributed by atoms with E-state index in [1.54, 1.807) is 6.07 Å². The van der Waals surface area contributed by atoms with Crippen LogP contribution in [-0.4, -0.2) is 35.1 Å². The van der Waals surface area contributed by atoms with E-state index in [2.05, 4.69) is 4.98 Å². The van der Waals surface area contributed by atoms with Gasteiger partial charge in [0.15, 0.2) is 0 Å². The number of alkyl halides is 3. The van der Waals surface area contributed by atoms with Crippen molar-refractivity contribution in [2.75, 3.05) is 13.1 Å². The molecular weight excluding hydrogens is 317 g/mol. The Labute approximate surface area is 130 Å². The molecule has 3 rings (SSSR count). The van der Waals surface area contributed by atoms with Gasteiger partial charge in [-0.25, -0.2) is 0 Å². The van der Waals surface area contributed by atoms with Crippen molar-refractivity contribution in [1.82, 2.24) is 9.88 Å². The lowest BCUT2D eigenvalue weighted by Gasteiger charge is -2.32. The number of aromatic nitrogens is 1. The number of benzene rings is 1. The smallest absolute Gasteiger partial charge is 0.358 e. The molecule has 1 aliphatic rings. The highest BCUT2D eigenvalue weighted by Crippen LogP contribution is 2.32. The first kappa shape index (κ1) is 15.2.